The van der Waals surface area contributed by atoms with Crippen LogP contribution in [0.5, 0.6) is 0 Å². The van der Waals surface area contributed by atoms with Crippen molar-refractivity contribution >= 4 is 23.8 Å². The molecule has 1 unspecified atom stereocenters. The third kappa shape index (κ3) is 2.29. The van der Waals surface area contributed by atoms with Gasteiger partial charge in [0.2, 0.25) is 0 Å². The van der Waals surface area contributed by atoms with Gasteiger partial charge in [-0.3, -0.25) is 0 Å². The topological polar surface area (TPSA) is 31.0 Å². The lowest BCUT2D eigenvalue weighted by molar-refractivity contribution is 0.556. The van der Waals surface area contributed by atoms with Gasteiger partial charge in [0.1, 0.15) is 5.15 Å². The van der Waals surface area contributed by atoms with E-state index in [4.69, 9.17) is 28.2 Å². The molecule has 3 nitrogen and oxygen atoms in total. The third-order valence-corrected chi connectivity index (χ3v) is 3.56. The fourth-order valence-corrected chi connectivity index (χ4v) is 2.44. The second-order valence-corrected chi connectivity index (χ2v) is 5.11. The molecular weight excluding hydrogens is 280 g/mol. The Bertz CT molecular complexity index is 732. The molecule has 5 heteroatoms. The van der Waals surface area contributed by atoms with Crippen molar-refractivity contribution in [2.45, 2.75) is 13.0 Å². The quantitative estimate of drug-likeness (QED) is 0.511. The van der Waals surface area contributed by atoms with E-state index in [2.05, 4.69) is 16.5 Å². The van der Waals surface area contributed by atoms with E-state index in [-0.39, 0.29) is 6.04 Å². The van der Waals surface area contributed by atoms with Crippen LogP contribution in [-0.2, 0) is 0 Å². The van der Waals surface area contributed by atoms with Gasteiger partial charge in [0.15, 0.2) is 10.5 Å². The number of hydrogen-bond donors (Lipinski definition) is 0. The molecule has 96 valence electrons. The van der Waals surface area contributed by atoms with Crippen molar-refractivity contribution in [3.05, 3.63) is 58.1 Å². The number of fused-ring (bicyclic) bond motifs is 1. The molecule has 0 aliphatic carbocycles. The van der Waals surface area contributed by atoms with Crippen molar-refractivity contribution in [3.8, 4) is 11.5 Å². The minimum atomic E-state index is 0.125. The molecule has 0 amide bonds. The summed E-state index contributed by atoms with van der Waals surface area (Å²) in [6, 6.07) is 9.61. The summed E-state index contributed by atoms with van der Waals surface area (Å²) in [5, 5.41) is 0.496. The number of nitrogens with zero attached hydrogens (tertiary/aromatic N) is 2. The zero-order valence-corrected chi connectivity index (χ0v) is 11.8. The van der Waals surface area contributed by atoms with Gasteiger partial charge in [0, 0.05) is 18.5 Å². The summed E-state index contributed by atoms with van der Waals surface area (Å²) in [5.41, 5.74) is 2.06. The van der Waals surface area contributed by atoms with Crippen LogP contribution in [0.15, 0.2) is 47.1 Å². The molecule has 0 radical (unpaired) electrons. The van der Waals surface area contributed by atoms with E-state index in [1.54, 1.807) is 12.3 Å². The molecule has 0 spiro atoms. The van der Waals surface area contributed by atoms with E-state index in [1.807, 2.05) is 30.5 Å². The van der Waals surface area contributed by atoms with Gasteiger partial charge in [-0.15, -0.1) is 0 Å². The maximum atomic E-state index is 5.81. The van der Waals surface area contributed by atoms with Gasteiger partial charge in [0.25, 0.3) is 0 Å². The van der Waals surface area contributed by atoms with Crippen molar-refractivity contribution in [3.63, 3.8) is 0 Å². The Kier molecular flexibility index (Phi) is 3.12. The molecule has 2 aliphatic heterocycles. The minimum absolute atomic E-state index is 0.125. The summed E-state index contributed by atoms with van der Waals surface area (Å²) in [5.74, 6) is 0.793. The number of furan rings is 1. The molecule has 0 saturated heterocycles. The lowest BCUT2D eigenvalue weighted by Gasteiger charge is -2.19. The molecule has 1 aromatic heterocycles. The Hall–Kier alpha value is -1.65. The first kappa shape index (κ1) is 12.4. The number of rotatable bonds is 2. The zero-order chi connectivity index (χ0) is 13.4. The Balaban J connectivity index is 2.09. The largest absolute Gasteiger partial charge is 0.444 e. The van der Waals surface area contributed by atoms with E-state index < -0.39 is 0 Å². The molecule has 0 N–H and O–H groups in total. The first-order valence-electron chi connectivity index (χ1n) is 5.87. The van der Waals surface area contributed by atoms with E-state index >= 15 is 0 Å². The standard InChI is InChI=1S/C14H11ClN2OS/c1-9(10-4-5-13(15)16-8-10)17-6-2-3-12-11(17)7-14(19)18-12/h2-9H,1H3. The molecule has 0 saturated carbocycles. The maximum absolute atomic E-state index is 5.81. The summed E-state index contributed by atoms with van der Waals surface area (Å²) in [7, 11) is 0. The minimum Gasteiger partial charge on any atom is -0.444 e. The van der Waals surface area contributed by atoms with Crippen LogP contribution >= 0.6 is 23.8 Å². The lowest BCUT2D eigenvalue weighted by Crippen LogP contribution is -2.09. The molecule has 0 fully saturated rings. The molecule has 1 atom stereocenters. The predicted octanol–water partition coefficient (Wildman–Crippen LogP) is 4.57. The van der Waals surface area contributed by atoms with Crippen LogP contribution in [0.3, 0.4) is 0 Å². The SMILES string of the molecule is CC(c1ccc(Cl)nc1)n1cccc2oc(=S)cc1-2. The third-order valence-electron chi connectivity index (χ3n) is 3.14. The van der Waals surface area contributed by atoms with E-state index in [9.17, 15) is 0 Å². The first-order valence-corrected chi connectivity index (χ1v) is 6.66. The Morgan fingerprint density at radius 3 is 2.95 bits per heavy atom. The van der Waals surface area contributed by atoms with E-state index in [0.29, 0.717) is 9.86 Å². The number of halogens is 1. The van der Waals surface area contributed by atoms with Gasteiger partial charge >= 0.3 is 0 Å². The van der Waals surface area contributed by atoms with E-state index in [0.717, 1.165) is 17.0 Å². The molecule has 1 aromatic rings. The van der Waals surface area contributed by atoms with Crippen molar-refractivity contribution in [1.29, 1.82) is 0 Å². The summed E-state index contributed by atoms with van der Waals surface area (Å²) >= 11 is 10.9. The second kappa shape index (κ2) is 4.79. The highest BCUT2D eigenvalue weighted by Crippen LogP contribution is 2.29. The van der Waals surface area contributed by atoms with Gasteiger partial charge < -0.3 is 8.98 Å². The number of pyridine rings is 2. The number of hydrogen-bond acceptors (Lipinski definition) is 3. The summed E-state index contributed by atoms with van der Waals surface area (Å²) in [4.78, 5) is 4.12. The number of aromatic nitrogens is 2. The zero-order valence-electron chi connectivity index (χ0n) is 10.2. The van der Waals surface area contributed by atoms with Gasteiger partial charge in [0.05, 0.1) is 11.7 Å². The molecule has 2 aliphatic rings. The second-order valence-electron chi connectivity index (χ2n) is 4.32. The van der Waals surface area contributed by atoms with Crippen LogP contribution in [0.2, 0.25) is 5.15 Å². The first-order chi connectivity index (χ1) is 9.15. The molecule has 19 heavy (non-hydrogen) atoms. The molecule has 0 bridgehead atoms. The average molecular weight is 291 g/mol. The molecule has 3 heterocycles. The van der Waals surface area contributed by atoms with Crippen molar-refractivity contribution in [1.82, 2.24) is 9.55 Å². The summed E-state index contributed by atoms with van der Waals surface area (Å²) in [6.07, 6.45) is 3.79. The van der Waals surface area contributed by atoms with Gasteiger partial charge in [-0.2, -0.15) is 0 Å². The summed E-state index contributed by atoms with van der Waals surface area (Å²) in [6.45, 7) is 2.10. The molecule has 3 rings (SSSR count). The lowest BCUT2D eigenvalue weighted by atomic mass is 10.1. The van der Waals surface area contributed by atoms with Crippen LogP contribution in [0.1, 0.15) is 18.5 Å². The van der Waals surface area contributed by atoms with Crippen molar-refractivity contribution in [2.75, 3.05) is 0 Å². The highest BCUT2D eigenvalue weighted by molar-refractivity contribution is 7.71. The Labute approximate surface area is 120 Å². The van der Waals surface area contributed by atoms with Crippen LogP contribution < -0.4 is 0 Å². The smallest absolute Gasteiger partial charge is 0.193 e. The monoisotopic (exact) mass is 290 g/mol. The Morgan fingerprint density at radius 2 is 2.21 bits per heavy atom. The van der Waals surface area contributed by atoms with Crippen LogP contribution in [-0.4, -0.2) is 9.55 Å². The van der Waals surface area contributed by atoms with Crippen LogP contribution in [0.4, 0.5) is 0 Å². The fraction of sp³-hybridized carbons (Fsp3) is 0.143. The predicted molar refractivity (Wildman–Crippen MR) is 77.2 cm³/mol. The van der Waals surface area contributed by atoms with Crippen LogP contribution in [0.25, 0.3) is 11.5 Å². The molecular formula is C14H11ClN2OS. The van der Waals surface area contributed by atoms with Gasteiger partial charge in [-0.25, -0.2) is 4.98 Å². The maximum Gasteiger partial charge on any atom is 0.193 e. The summed E-state index contributed by atoms with van der Waals surface area (Å²) < 4.78 is 8.08. The fourth-order valence-electron chi connectivity index (χ4n) is 2.13. The molecule has 0 aromatic carbocycles. The Morgan fingerprint density at radius 1 is 1.37 bits per heavy atom. The van der Waals surface area contributed by atoms with Crippen LogP contribution in [0, 0.1) is 4.71 Å². The van der Waals surface area contributed by atoms with Crippen molar-refractivity contribution in [2.24, 2.45) is 0 Å². The normalized spacial score (nSPS) is 12.7. The van der Waals surface area contributed by atoms with Gasteiger partial charge in [-0.05, 0) is 42.9 Å². The van der Waals surface area contributed by atoms with E-state index in [1.165, 1.54) is 0 Å². The van der Waals surface area contributed by atoms with Crippen molar-refractivity contribution < 1.29 is 4.42 Å². The highest BCUT2D eigenvalue weighted by atomic mass is 35.5. The van der Waals surface area contributed by atoms with Gasteiger partial charge in [-0.1, -0.05) is 17.7 Å². The average Bonchev–Trinajstić information content (AvgIpc) is 2.78. The highest BCUT2D eigenvalue weighted by Gasteiger charge is 2.15.